The normalized spacial score (nSPS) is 17.6. The fourth-order valence-electron chi connectivity index (χ4n) is 2.93. The van der Waals surface area contributed by atoms with Crippen LogP contribution >= 0.6 is 12.2 Å². The van der Waals surface area contributed by atoms with Crippen LogP contribution in [-0.4, -0.2) is 42.5 Å². The molecule has 1 saturated carbocycles. The van der Waals surface area contributed by atoms with E-state index < -0.39 is 5.41 Å². The maximum atomic E-state index is 12.8. The first-order chi connectivity index (χ1) is 9.94. The Morgan fingerprint density at radius 1 is 1.24 bits per heavy atom. The molecule has 0 aromatic rings. The fourth-order valence-corrected chi connectivity index (χ4v) is 3.22. The van der Waals surface area contributed by atoms with Crippen molar-refractivity contribution in [3.05, 3.63) is 0 Å². The van der Waals surface area contributed by atoms with E-state index in [4.69, 9.17) is 18.0 Å². The van der Waals surface area contributed by atoms with Gasteiger partial charge in [-0.05, 0) is 19.3 Å². The minimum atomic E-state index is -0.689. The first kappa shape index (κ1) is 17.9. The van der Waals surface area contributed by atoms with Gasteiger partial charge in [0.15, 0.2) is 0 Å². The molecule has 0 radical (unpaired) electrons. The average Bonchev–Trinajstić information content (AvgIpc) is 2.72. The summed E-state index contributed by atoms with van der Waals surface area (Å²) in [5.41, 5.74) is 5.23. The predicted octanol–water partition coefficient (Wildman–Crippen LogP) is 2.02. The van der Waals surface area contributed by atoms with Gasteiger partial charge in [0.25, 0.3) is 0 Å². The fraction of sp³-hybridized carbons (Fsp3) is 0.800. The smallest absolute Gasteiger partial charge is 0.305 e. The molecule has 2 N–H and O–H groups in total. The molecule has 0 aliphatic heterocycles. The molecule has 1 aliphatic carbocycles. The van der Waals surface area contributed by atoms with Gasteiger partial charge in [0.1, 0.15) is 0 Å². The zero-order valence-corrected chi connectivity index (χ0v) is 13.8. The quantitative estimate of drug-likeness (QED) is 0.461. The molecule has 1 fully saturated rings. The van der Waals surface area contributed by atoms with Gasteiger partial charge in [-0.1, -0.05) is 37.9 Å². The molecule has 6 heteroatoms. The van der Waals surface area contributed by atoms with E-state index in [0.717, 1.165) is 38.5 Å². The van der Waals surface area contributed by atoms with Crippen LogP contribution < -0.4 is 5.73 Å². The summed E-state index contributed by atoms with van der Waals surface area (Å²) in [6.07, 6.45) is 6.60. The van der Waals surface area contributed by atoms with Crippen molar-refractivity contribution in [2.24, 2.45) is 11.1 Å². The second kappa shape index (κ2) is 8.32. The molecule has 0 aromatic heterocycles. The van der Waals surface area contributed by atoms with Gasteiger partial charge in [0.05, 0.1) is 17.5 Å². The van der Waals surface area contributed by atoms with Crippen LogP contribution in [0.15, 0.2) is 0 Å². The van der Waals surface area contributed by atoms with Crippen LogP contribution in [0.1, 0.15) is 51.4 Å². The zero-order chi connectivity index (χ0) is 15.9. The van der Waals surface area contributed by atoms with E-state index in [0.29, 0.717) is 24.4 Å². The number of carbonyl (C=O) groups is 2. The zero-order valence-electron chi connectivity index (χ0n) is 13.0. The lowest BCUT2D eigenvalue weighted by Crippen LogP contribution is -2.49. The van der Waals surface area contributed by atoms with Gasteiger partial charge in [0, 0.05) is 20.0 Å². The summed E-state index contributed by atoms with van der Waals surface area (Å²) in [4.78, 5) is 25.9. The lowest BCUT2D eigenvalue weighted by Gasteiger charge is -2.34. The molecule has 120 valence electrons. The van der Waals surface area contributed by atoms with E-state index in [-0.39, 0.29) is 11.9 Å². The van der Waals surface area contributed by atoms with Crippen LogP contribution in [0, 0.1) is 5.41 Å². The summed E-state index contributed by atoms with van der Waals surface area (Å²) in [5, 5.41) is 0. The summed E-state index contributed by atoms with van der Waals surface area (Å²) in [6, 6.07) is 0. The number of hydrogen-bond acceptors (Lipinski definition) is 4. The number of methoxy groups -OCH3 is 1. The first-order valence-corrected chi connectivity index (χ1v) is 7.97. The second-order valence-corrected chi connectivity index (χ2v) is 6.21. The highest BCUT2D eigenvalue weighted by molar-refractivity contribution is 7.80. The SMILES string of the molecule is COC(=O)CCCN(C)C(=O)C1(C(N)=S)CCCCCC1. The van der Waals surface area contributed by atoms with E-state index in [1.807, 2.05) is 0 Å². The van der Waals surface area contributed by atoms with Crippen LogP contribution in [0.2, 0.25) is 0 Å². The van der Waals surface area contributed by atoms with Crippen molar-refractivity contribution in [1.82, 2.24) is 4.90 Å². The lowest BCUT2D eigenvalue weighted by molar-refractivity contribution is -0.142. The highest BCUT2D eigenvalue weighted by Crippen LogP contribution is 2.37. The molecule has 0 heterocycles. The van der Waals surface area contributed by atoms with Gasteiger partial charge in [-0.25, -0.2) is 0 Å². The molecule has 5 nitrogen and oxygen atoms in total. The number of ether oxygens (including phenoxy) is 1. The monoisotopic (exact) mass is 314 g/mol. The van der Waals surface area contributed by atoms with E-state index in [2.05, 4.69) is 4.74 Å². The Hall–Kier alpha value is -1.17. The number of carbonyl (C=O) groups excluding carboxylic acids is 2. The van der Waals surface area contributed by atoms with Gasteiger partial charge < -0.3 is 15.4 Å². The number of nitrogens with two attached hydrogens (primary N) is 1. The third-order valence-corrected chi connectivity index (χ3v) is 4.68. The van der Waals surface area contributed by atoms with Gasteiger partial charge in [0.2, 0.25) is 5.91 Å². The van der Waals surface area contributed by atoms with Crippen molar-refractivity contribution in [2.45, 2.75) is 51.4 Å². The summed E-state index contributed by atoms with van der Waals surface area (Å²) < 4.78 is 4.60. The van der Waals surface area contributed by atoms with Crippen LogP contribution in [-0.2, 0) is 14.3 Å². The third kappa shape index (κ3) is 4.66. The van der Waals surface area contributed by atoms with Crippen LogP contribution in [0.3, 0.4) is 0 Å². The van der Waals surface area contributed by atoms with E-state index in [1.165, 1.54) is 7.11 Å². The highest BCUT2D eigenvalue weighted by Gasteiger charge is 2.42. The summed E-state index contributed by atoms with van der Waals surface area (Å²) in [6.45, 7) is 0.512. The molecular weight excluding hydrogens is 288 g/mol. The van der Waals surface area contributed by atoms with Gasteiger partial charge in [-0.15, -0.1) is 0 Å². The second-order valence-electron chi connectivity index (χ2n) is 5.77. The van der Waals surface area contributed by atoms with Crippen molar-refractivity contribution < 1.29 is 14.3 Å². The molecule has 0 spiro atoms. The van der Waals surface area contributed by atoms with Crippen molar-refractivity contribution in [3.63, 3.8) is 0 Å². The summed E-state index contributed by atoms with van der Waals surface area (Å²) in [7, 11) is 3.12. The molecule has 0 atom stereocenters. The van der Waals surface area contributed by atoms with Crippen molar-refractivity contribution in [1.29, 1.82) is 0 Å². The molecule has 0 bridgehead atoms. The van der Waals surface area contributed by atoms with Crippen LogP contribution in [0.25, 0.3) is 0 Å². The first-order valence-electron chi connectivity index (χ1n) is 7.56. The molecule has 0 aromatic carbocycles. The Labute approximate surface area is 132 Å². The van der Waals surface area contributed by atoms with Crippen molar-refractivity contribution in [3.8, 4) is 0 Å². The van der Waals surface area contributed by atoms with Crippen LogP contribution in [0.5, 0.6) is 0 Å². The standard InChI is InChI=1S/C15H26N2O3S/c1-17(11-7-8-12(18)20-2)14(19)15(13(16)21)9-5-3-4-6-10-15/h3-11H2,1-2H3,(H2,16,21). The molecule has 0 saturated heterocycles. The maximum absolute atomic E-state index is 12.8. The maximum Gasteiger partial charge on any atom is 0.305 e. The number of nitrogens with zero attached hydrogens (tertiary/aromatic N) is 1. The summed E-state index contributed by atoms with van der Waals surface area (Å²) >= 11 is 5.21. The Morgan fingerprint density at radius 2 is 1.81 bits per heavy atom. The minimum Gasteiger partial charge on any atom is -0.469 e. The number of hydrogen-bond donors (Lipinski definition) is 1. The number of esters is 1. The van der Waals surface area contributed by atoms with Gasteiger partial charge in [-0.3, -0.25) is 9.59 Å². The summed E-state index contributed by atoms with van der Waals surface area (Å²) in [5.74, 6) is -0.254. The Morgan fingerprint density at radius 3 is 2.29 bits per heavy atom. The largest absolute Gasteiger partial charge is 0.469 e. The third-order valence-electron chi connectivity index (χ3n) is 4.29. The lowest BCUT2D eigenvalue weighted by atomic mass is 9.79. The number of thiocarbonyl (C=S) groups is 1. The number of amides is 1. The number of rotatable bonds is 6. The van der Waals surface area contributed by atoms with E-state index in [9.17, 15) is 9.59 Å². The van der Waals surface area contributed by atoms with Crippen molar-refractivity contribution in [2.75, 3.05) is 20.7 Å². The molecule has 1 aliphatic rings. The predicted molar refractivity (Wildman–Crippen MR) is 85.8 cm³/mol. The van der Waals surface area contributed by atoms with Gasteiger partial charge >= 0.3 is 5.97 Å². The Bertz CT molecular complexity index is 390. The highest BCUT2D eigenvalue weighted by atomic mass is 32.1. The van der Waals surface area contributed by atoms with Crippen molar-refractivity contribution >= 4 is 29.1 Å². The molecule has 21 heavy (non-hydrogen) atoms. The van der Waals surface area contributed by atoms with E-state index in [1.54, 1.807) is 11.9 Å². The Balaban J connectivity index is 2.67. The molecule has 0 unspecified atom stereocenters. The van der Waals surface area contributed by atoms with Gasteiger partial charge in [-0.2, -0.15) is 0 Å². The average molecular weight is 314 g/mol. The molecular formula is C15H26N2O3S. The topological polar surface area (TPSA) is 72.6 Å². The van der Waals surface area contributed by atoms with Crippen LogP contribution in [0.4, 0.5) is 0 Å². The molecule has 1 rings (SSSR count). The molecule has 1 amide bonds. The minimum absolute atomic E-state index is 0.00164. The van der Waals surface area contributed by atoms with E-state index >= 15 is 0 Å². The Kier molecular flexibility index (Phi) is 7.08.